The highest BCUT2D eigenvalue weighted by molar-refractivity contribution is 6.31. The molecule has 0 amide bonds. The average molecular weight is 402 g/mol. The first-order valence-electron chi connectivity index (χ1n) is 7.23. The van der Waals surface area contributed by atoms with Crippen LogP contribution in [0.2, 0.25) is 0 Å². The fraction of sp³-hybridized carbons (Fsp3) is 0.222. The highest BCUT2D eigenvalue weighted by atomic mass is 35.5. The number of nitrogen functional groups attached to an aromatic ring is 2. The number of nitrogens with two attached hydrogens (primary N) is 2. The molecule has 4 N–H and O–H groups in total. The van der Waals surface area contributed by atoms with E-state index >= 15 is 0 Å². The lowest BCUT2D eigenvalue weighted by Crippen LogP contribution is -2.06. The molecule has 0 aliphatic carbocycles. The number of carbonyl (C=O) groups excluding carboxylic acids is 1. The van der Waals surface area contributed by atoms with Gasteiger partial charge in [-0.25, -0.2) is 15.4 Å². The number of anilines is 2. The summed E-state index contributed by atoms with van der Waals surface area (Å²) < 4.78 is 25.4. The van der Waals surface area contributed by atoms with E-state index in [-0.39, 0.29) is 34.7 Å². The van der Waals surface area contributed by atoms with Crippen LogP contribution in [0.3, 0.4) is 0 Å². The minimum Gasteiger partial charge on any atom is -0.399 e. The van der Waals surface area contributed by atoms with E-state index in [0.717, 1.165) is 6.07 Å². The molecule has 2 aromatic carbocycles. The number of benzene rings is 2. The summed E-state index contributed by atoms with van der Waals surface area (Å²) >= 11 is 10.2. The monoisotopic (exact) mass is 401 g/mol. The Kier molecular flexibility index (Phi) is 11.0. The third kappa shape index (κ3) is 8.15. The highest BCUT2D eigenvalue weighted by Crippen LogP contribution is 2.18. The SMILES string of the molecule is Cc1cc(C(=O)CCl)c(N)cc1F.Cc1ccc(N)cc1F.[C-]#[N+]CCl. The maximum absolute atomic E-state index is 12.9. The van der Waals surface area contributed by atoms with Crippen molar-refractivity contribution in [3.8, 4) is 0 Å². The van der Waals surface area contributed by atoms with Gasteiger partial charge in [-0.1, -0.05) is 6.07 Å². The molecule has 0 heterocycles. The Bertz CT molecular complexity index is 793. The fourth-order valence-electron chi connectivity index (χ4n) is 1.62. The summed E-state index contributed by atoms with van der Waals surface area (Å²) in [7, 11) is 0. The molecule has 140 valence electrons. The number of aryl methyl sites for hydroxylation is 2. The molecule has 2 rings (SSSR count). The van der Waals surface area contributed by atoms with Gasteiger partial charge in [-0.05, 0) is 60.8 Å². The minimum absolute atomic E-state index is 0.0833. The van der Waals surface area contributed by atoms with Gasteiger partial charge >= 0.3 is 0 Å². The van der Waals surface area contributed by atoms with Crippen molar-refractivity contribution in [2.24, 2.45) is 0 Å². The predicted octanol–water partition coefficient (Wildman–Crippen LogP) is 4.96. The normalized spacial score (nSPS) is 9.12. The van der Waals surface area contributed by atoms with Crippen molar-refractivity contribution in [3.63, 3.8) is 0 Å². The third-order valence-corrected chi connectivity index (χ3v) is 3.37. The smallest absolute Gasteiger partial charge is 0.288 e. The summed E-state index contributed by atoms with van der Waals surface area (Å²) in [6.07, 6.45) is 0. The zero-order valence-electron chi connectivity index (χ0n) is 14.3. The van der Waals surface area contributed by atoms with Gasteiger partial charge in [0.1, 0.15) is 11.6 Å². The summed E-state index contributed by atoms with van der Waals surface area (Å²) in [5.74, 6) is -1.09. The van der Waals surface area contributed by atoms with Crippen LogP contribution in [-0.4, -0.2) is 17.7 Å². The van der Waals surface area contributed by atoms with Crippen molar-refractivity contribution >= 4 is 40.4 Å². The predicted molar refractivity (Wildman–Crippen MR) is 103 cm³/mol. The summed E-state index contributed by atoms with van der Waals surface area (Å²) in [6, 6.07) is 7.28. The van der Waals surface area contributed by atoms with Crippen LogP contribution in [-0.2, 0) is 0 Å². The minimum atomic E-state index is -0.413. The van der Waals surface area contributed by atoms with Crippen molar-refractivity contribution < 1.29 is 13.6 Å². The number of nitrogens with zero attached hydrogens (tertiary/aromatic N) is 1. The Morgan fingerprint density at radius 2 is 1.62 bits per heavy atom. The number of halogens is 4. The first-order chi connectivity index (χ1) is 12.2. The molecule has 0 fully saturated rings. The van der Waals surface area contributed by atoms with Crippen LogP contribution >= 0.6 is 23.2 Å². The Labute approximate surface area is 161 Å². The molecule has 0 aliphatic rings. The summed E-state index contributed by atoms with van der Waals surface area (Å²) in [6.45, 7) is 9.22. The molecule has 2 aromatic rings. The Hall–Kier alpha value is -2.36. The van der Waals surface area contributed by atoms with Crippen molar-refractivity contribution in [3.05, 3.63) is 70.1 Å². The maximum Gasteiger partial charge on any atom is 0.288 e. The summed E-state index contributed by atoms with van der Waals surface area (Å²) in [5.41, 5.74) is 12.6. The van der Waals surface area contributed by atoms with Crippen LogP contribution in [0.5, 0.6) is 0 Å². The van der Waals surface area contributed by atoms with E-state index in [0.29, 0.717) is 16.8 Å². The van der Waals surface area contributed by atoms with Gasteiger partial charge in [-0.15, -0.1) is 11.6 Å². The molecule has 0 aromatic heterocycles. The fourth-order valence-corrected chi connectivity index (χ4v) is 1.76. The van der Waals surface area contributed by atoms with Gasteiger partial charge in [0, 0.05) is 16.9 Å². The second-order valence-electron chi connectivity index (χ2n) is 5.03. The van der Waals surface area contributed by atoms with Crippen LogP contribution in [0.1, 0.15) is 21.5 Å². The number of ketones is 1. The van der Waals surface area contributed by atoms with Crippen LogP contribution in [0.25, 0.3) is 4.85 Å². The van der Waals surface area contributed by atoms with Crippen LogP contribution in [0.4, 0.5) is 20.2 Å². The number of Topliss-reactive ketones (excluding diaryl/α,β-unsaturated/α-hetero) is 1. The standard InChI is InChI=1S/C9H9ClFNO.C7H8FN.C2H2ClN/c1-5-2-6(9(13)4-10)8(12)3-7(5)11;1-5-2-3-6(9)4-7(5)8;1-4-2-3/h2-3H,4,12H2,1H3;2-4H,9H2,1H3;2H2. The van der Waals surface area contributed by atoms with E-state index in [9.17, 15) is 13.6 Å². The molecule has 0 saturated carbocycles. The van der Waals surface area contributed by atoms with Gasteiger partial charge in [0.15, 0.2) is 5.78 Å². The van der Waals surface area contributed by atoms with Gasteiger partial charge < -0.3 is 11.5 Å². The molecule has 0 atom stereocenters. The summed E-state index contributed by atoms with van der Waals surface area (Å²) in [4.78, 5) is 13.9. The molecular formula is C18H19Cl2F2N3O. The van der Waals surface area contributed by atoms with Crippen LogP contribution in [0.15, 0.2) is 30.3 Å². The molecule has 0 aliphatic heterocycles. The Balaban J connectivity index is 0.000000416. The molecule has 0 spiro atoms. The van der Waals surface area contributed by atoms with E-state index in [1.165, 1.54) is 12.1 Å². The first kappa shape index (κ1) is 23.6. The van der Waals surface area contributed by atoms with Gasteiger partial charge in [0.05, 0.1) is 5.88 Å². The molecule has 0 saturated heterocycles. The Morgan fingerprint density at radius 1 is 1.08 bits per heavy atom. The van der Waals surface area contributed by atoms with Crippen molar-refractivity contribution in [2.45, 2.75) is 13.8 Å². The molecule has 26 heavy (non-hydrogen) atoms. The number of carbonyl (C=O) groups is 1. The molecular weight excluding hydrogens is 383 g/mol. The number of alkyl halides is 2. The lowest BCUT2D eigenvalue weighted by molar-refractivity contribution is 0.102. The van der Waals surface area contributed by atoms with Gasteiger partial charge in [-0.2, -0.15) is 0 Å². The van der Waals surface area contributed by atoms with Gasteiger partial charge in [0.25, 0.3) is 6.00 Å². The maximum atomic E-state index is 12.9. The number of hydrogen-bond donors (Lipinski definition) is 2. The third-order valence-electron chi connectivity index (χ3n) is 3.01. The van der Waals surface area contributed by atoms with E-state index in [1.807, 2.05) is 0 Å². The van der Waals surface area contributed by atoms with Crippen LogP contribution in [0, 0.1) is 32.1 Å². The second kappa shape index (κ2) is 12.1. The molecule has 0 bridgehead atoms. The van der Waals surface area contributed by atoms with E-state index in [4.69, 9.17) is 41.2 Å². The van der Waals surface area contributed by atoms with E-state index < -0.39 is 5.82 Å². The van der Waals surface area contributed by atoms with Crippen molar-refractivity contribution in [1.82, 2.24) is 0 Å². The lowest BCUT2D eigenvalue weighted by atomic mass is 10.1. The molecule has 4 nitrogen and oxygen atoms in total. The second-order valence-corrected chi connectivity index (χ2v) is 5.54. The molecule has 0 radical (unpaired) electrons. The molecule has 0 unspecified atom stereocenters. The number of hydrogen-bond acceptors (Lipinski definition) is 3. The highest BCUT2D eigenvalue weighted by Gasteiger charge is 2.10. The largest absolute Gasteiger partial charge is 0.399 e. The Morgan fingerprint density at radius 3 is 2.04 bits per heavy atom. The quantitative estimate of drug-likeness (QED) is 0.245. The molecule has 8 heteroatoms. The lowest BCUT2D eigenvalue weighted by Gasteiger charge is -2.04. The van der Waals surface area contributed by atoms with Gasteiger partial charge in [-0.3, -0.25) is 9.64 Å². The summed E-state index contributed by atoms with van der Waals surface area (Å²) in [5, 5.41) is 0. The first-order valence-corrected chi connectivity index (χ1v) is 8.30. The van der Waals surface area contributed by atoms with Crippen LogP contribution < -0.4 is 11.5 Å². The number of rotatable bonds is 2. The zero-order chi connectivity index (χ0) is 20.3. The van der Waals surface area contributed by atoms with Crippen molar-refractivity contribution in [1.29, 1.82) is 0 Å². The van der Waals surface area contributed by atoms with E-state index in [2.05, 4.69) is 4.85 Å². The van der Waals surface area contributed by atoms with Gasteiger partial charge in [0.2, 0.25) is 0 Å². The topological polar surface area (TPSA) is 73.5 Å². The van der Waals surface area contributed by atoms with E-state index in [1.54, 1.807) is 26.0 Å². The average Bonchev–Trinajstić information content (AvgIpc) is 2.61. The van der Waals surface area contributed by atoms with Crippen molar-refractivity contribution in [2.75, 3.05) is 23.4 Å². The zero-order valence-corrected chi connectivity index (χ0v) is 15.8.